The number of benzene rings is 1. The summed E-state index contributed by atoms with van der Waals surface area (Å²) in [6, 6.07) is 10.1. The van der Waals surface area contributed by atoms with Gasteiger partial charge in [-0.1, -0.05) is 59.7 Å². The Labute approximate surface area is 173 Å². The van der Waals surface area contributed by atoms with Crippen LogP contribution in [0.2, 0.25) is 0 Å². The highest BCUT2D eigenvalue weighted by atomic mass is 16.5. The van der Waals surface area contributed by atoms with Crippen molar-refractivity contribution in [3.8, 4) is 28.5 Å². The van der Waals surface area contributed by atoms with E-state index in [1.54, 1.807) is 4.68 Å². The van der Waals surface area contributed by atoms with Crippen molar-refractivity contribution in [1.29, 1.82) is 0 Å². The normalized spacial score (nSPS) is 12.3. The number of rotatable bonds is 4. The van der Waals surface area contributed by atoms with Crippen molar-refractivity contribution in [3.63, 3.8) is 0 Å². The van der Waals surface area contributed by atoms with Crippen LogP contribution in [0.25, 0.3) is 22.6 Å². The lowest BCUT2D eigenvalue weighted by Gasteiger charge is -2.22. The Kier molecular flexibility index (Phi) is 5.48. The van der Waals surface area contributed by atoms with Gasteiger partial charge < -0.3 is 4.74 Å². The van der Waals surface area contributed by atoms with Gasteiger partial charge in [-0.2, -0.15) is 5.10 Å². The minimum absolute atomic E-state index is 0.164. The van der Waals surface area contributed by atoms with Crippen LogP contribution < -0.4 is 4.74 Å². The lowest BCUT2D eigenvalue weighted by Crippen LogP contribution is -2.24. The fourth-order valence-corrected chi connectivity index (χ4v) is 2.87. The van der Waals surface area contributed by atoms with Crippen LogP contribution in [0.1, 0.15) is 60.1 Å². The summed E-state index contributed by atoms with van der Waals surface area (Å²) < 4.78 is 7.38. The van der Waals surface area contributed by atoms with Gasteiger partial charge in [-0.3, -0.25) is 0 Å². The van der Waals surface area contributed by atoms with E-state index in [0.29, 0.717) is 12.4 Å². The summed E-state index contributed by atoms with van der Waals surface area (Å²) in [6.07, 6.45) is 0. The van der Waals surface area contributed by atoms with Gasteiger partial charge >= 0.3 is 0 Å². The Morgan fingerprint density at radius 1 is 0.862 bits per heavy atom. The molecule has 0 saturated heterocycles. The second-order valence-corrected chi connectivity index (χ2v) is 9.31. The third kappa shape index (κ3) is 4.63. The molecule has 0 radical (unpaired) electrons. The highest BCUT2D eigenvalue weighted by Crippen LogP contribution is 2.29. The van der Waals surface area contributed by atoms with Crippen LogP contribution >= 0.6 is 0 Å². The Hall–Kier alpha value is -2.76. The molecule has 0 unspecified atom stereocenters. The molecular weight excluding hydrogens is 362 g/mol. The first kappa shape index (κ1) is 21.0. The quantitative estimate of drug-likeness (QED) is 0.628. The first-order chi connectivity index (χ1) is 13.5. The fourth-order valence-electron chi connectivity index (χ4n) is 2.87. The molecule has 3 aromatic rings. The summed E-state index contributed by atoms with van der Waals surface area (Å²) in [6.45, 7) is 15.3. The topological polar surface area (TPSA) is 65.7 Å². The minimum atomic E-state index is -0.164. The Morgan fingerprint density at radius 2 is 1.45 bits per heavy atom. The van der Waals surface area contributed by atoms with Gasteiger partial charge in [0.15, 0.2) is 5.82 Å². The van der Waals surface area contributed by atoms with Gasteiger partial charge in [-0.15, -0.1) is 0 Å². The Morgan fingerprint density at radius 3 is 2.00 bits per heavy atom. The van der Waals surface area contributed by atoms with E-state index in [9.17, 15) is 0 Å². The Bertz CT molecular complexity index is 977. The van der Waals surface area contributed by atoms with Gasteiger partial charge in [0, 0.05) is 35.1 Å². The van der Waals surface area contributed by atoms with Gasteiger partial charge in [0.1, 0.15) is 11.6 Å². The largest absolute Gasteiger partial charge is 0.478 e. The average Bonchev–Trinajstić information content (AvgIpc) is 3.01. The zero-order valence-corrected chi connectivity index (χ0v) is 18.7. The van der Waals surface area contributed by atoms with Crippen LogP contribution in [0.5, 0.6) is 5.88 Å². The molecule has 154 valence electrons. The van der Waals surface area contributed by atoms with E-state index in [1.807, 2.05) is 38.2 Å². The molecule has 3 rings (SSSR count). The first-order valence-electron chi connectivity index (χ1n) is 10.0. The van der Waals surface area contributed by atoms with Crippen molar-refractivity contribution in [3.05, 3.63) is 42.0 Å². The number of ether oxygens (including phenoxy) is 1. The van der Waals surface area contributed by atoms with Gasteiger partial charge in [0.25, 0.3) is 0 Å². The van der Waals surface area contributed by atoms with E-state index < -0.39 is 0 Å². The summed E-state index contributed by atoms with van der Waals surface area (Å²) in [5, 5.41) is 4.59. The molecule has 0 aliphatic heterocycles. The maximum absolute atomic E-state index is 5.63. The predicted octanol–water partition coefficient (Wildman–Crippen LogP) is 4.93. The van der Waals surface area contributed by atoms with E-state index in [-0.39, 0.29) is 10.8 Å². The maximum atomic E-state index is 5.63. The Balaban J connectivity index is 2.10. The molecule has 6 nitrogen and oxygen atoms in total. The molecular formula is C23H31N5O. The summed E-state index contributed by atoms with van der Waals surface area (Å²) in [7, 11) is 1.88. The van der Waals surface area contributed by atoms with E-state index in [4.69, 9.17) is 19.7 Å². The minimum Gasteiger partial charge on any atom is -0.478 e. The number of aromatic nitrogens is 5. The molecule has 2 aromatic heterocycles. The molecule has 1 aromatic carbocycles. The van der Waals surface area contributed by atoms with Crippen LogP contribution in [0.3, 0.4) is 0 Å². The van der Waals surface area contributed by atoms with Crippen molar-refractivity contribution in [1.82, 2.24) is 24.7 Å². The van der Waals surface area contributed by atoms with E-state index in [0.717, 1.165) is 34.3 Å². The number of hydrogen-bond donors (Lipinski definition) is 0. The van der Waals surface area contributed by atoms with E-state index in [2.05, 4.69) is 52.7 Å². The van der Waals surface area contributed by atoms with Crippen molar-refractivity contribution in [2.24, 2.45) is 7.05 Å². The van der Waals surface area contributed by atoms with E-state index in [1.165, 1.54) is 0 Å². The fraction of sp³-hybridized carbons (Fsp3) is 0.478. The predicted molar refractivity (Wildman–Crippen MR) is 116 cm³/mol. The molecule has 6 heteroatoms. The van der Waals surface area contributed by atoms with Crippen LogP contribution in [0.15, 0.2) is 30.3 Å². The molecule has 29 heavy (non-hydrogen) atoms. The van der Waals surface area contributed by atoms with E-state index >= 15 is 0 Å². The molecule has 0 atom stereocenters. The SMILES string of the molecule is CCOc1cc(-c2cccc(-c3nc(C(C)(C)C)nc(C(C)(C)C)n3)c2)nn1C. The van der Waals surface area contributed by atoms with Crippen molar-refractivity contribution in [2.75, 3.05) is 6.61 Å². The van der Waals surface area contributed by atoms with Gasteiger partial charge in [-0.25, -0.2) is 19.6 Å². The smallest absolute Gasteiger partial charge is 0.212 e. The van der Waals surface area contributed by atoms with Crippen molar-refractivity contribution >= 4 is 0 Å². The summed E-state index contributed by atoms with van der Waals surface area (Å²) in [5.41, 5.74) is 2.48. The highest BCUT2D eigenvalue weighted by molar-refractivity contribution is 5.68. The van der Waals surface area contributed by atoms with Crippen LogP contribution in [-0.2, 0) is 17.9 Å². The van der Waals surface area contributed by atoms with Crippen LogP contribution in [-0.4, -0.2) is 31.3 Å². The summed E-state index contributed by atoms with van der Waals surface area (Å²) in [5.74, 6) is 3.04. The van der Waals surface area contributed by atoms with Crippen molar-refractivity contribution < 1.29 is 4.74 Å². The number of hydrogen-bond acceptors (Lipinski definition) is 5. The second-order valence-electron chi connectivity index (χ2n) is 9.31. The molecule has 0 aliphatic carbocycles. The third-order valence-corrected chi connectivity index (χ3v) is 4.52. The molecule has 0 saturated carbocycles. The maximum Gasteiger partial charge on any atom is 0.212 e. The number of nitrogens with zero attached hydrogens (tertiary/aromatic N) is 5. The van der Waals surface area contributed by atoms with Gasteiger partial charge in [-0.05, 0) is 13.0 Å². The van der Waals surface area contributed by atoms with Crippen LogP contribution in [0.4, 0.5) is 0 Å². The zero-order chi connectivity index (χ0) is 21.4. The van der Waals surface area contributed by atoms with Gasteiger partial charge in [0.05, 0.1) is 12.3 Å². The standard InChI is InChI=1S/C23H31N5O/c1-9-29-18-14-17(27-28(18)8)15-11-10-12-16(13-15)19-24-20(22(2,3)4)26-21(25-19)23(5,6)7/h10-14H,9H2,1-8H3. The van der Waals surface area contributed by atoms with Crippen molar-refractivity contribution in [2.45, 2.75) is 59.3 Å². The van der Waals surface area contributed by atoms with Gasteiger partial charge in [0.2, 0.25) is 5.88 Å². The molecule has 0 amide bonds. The number of aryl methyl sites for hydroxylation is 1. The summed E-state index contributed by atoms with van der Waals surface area (Å²) in [4.78, 5) is 14.4. The lowest BCUT2D eigenvalue weighted by molar-refractivity contribution is 0.309. The molecule has 0 spiro atoms. The molecule has 0 N–H and O–H groups in total. The second kappa shape index (κ2) is 7.58. The first-order valence-corrected chi connectivity index (χ1v) is 10.0. The highest BCUT2D eigenvalue weighted by Gasteiger charge is 2.25. The summed E-state index contributed by atoms with van der Waals surface area (Å²) >= 11 is 0. The molecule has 2 heterocycles. The zero-order valence-electron chi connectivity index (χ0n) is 18.7. The average molecular weight is 394 g/mol. The van der Waals surface area contributed by atoms with Crippen LogP contribution in [0, 0.1) is 0 Å². The monoisotopic (exact) mass is 393 g/mol. The molecule has 0 fully saturated rings. The lowest BCUT2D eigenvalue weighted by atomic mass is 9.93. The molecule has 0 bridgehead atoms. The third-order valence-electron chi connectivity index (χ3n) is 4.52. The molecule has 0 aliphatic rings.